The molecule has 4 rings (SSSR count). The number of methoxy groups -OCH3 is 2. The molecule has 0 aliphatic rings. The van der Waals surface area contributed by atoms with Crippen molar-refractivity contribution in [2.75, 3.05) is 14.2 Å². The van der Waals surface area contributed by atoms with E-state index in [1.165, 1.54) is 29.4 Å². The van der Waals surface area contributed by atoms with Gasteiger partial charge in [0.2, 0.25) is 5.88 Å². The van der Waals surface area contributed by atoms with Crippen molar-refractivity contribution >= 4 is 0 Å². The van der Waals surface area contributed by atoms with Crippen molar-refractivity contribution in [1.29, 1.82) is 0 Å². The Morgan fingerprint density at radius 3 is 2.72 bits per heavy atom. The molecule has 0 aliphatic carbocycles. The minimum absolute atomic E-state index is 0.135. The molecule has 0 spiro atoms. The molecule has 148 valence electrons. The molecule has 3 aromatic heterocycles. The van der Waals surface area contributed by atoms with Crippen molar-refractivity contribution in [2.24, 2.45) is 0 Å². The van der Waals surface area contributed by atoms with Gasteiger partial charge in [-0.05, 0) is 29.8 Å². The zero-order valence-electron chi connectivity index (χ0n) is 15.8. The molecule has 9 heteroatoms. The third-order valence-corrected chi connectivity index (χ3v) is 4.51. The highest BCUT2D eigenvalue weighted by molar-refractivity contribution is 5.67. The number of imidazole rings is 1. The molecule has 0 radical (unpaired) electrons. The average Bonchev–Trinajstić information content (AvgIpc) is 3.39. The first-order valence-corrected chi connectivity index (χ1v) is 8.75. The van der Waals surface area contributed by atoms with Gasteiger partial charge in [-0.2, -0.15) is 10.1 Å². The molecular formula is C20H18FN5O3. The maximum Gasteiger partial charge on any atom is 0.334 e. The van der Waals surface area contributed by atoms with Gasteiger partial charge in [-0.1, -0.05) is 6.07 Å². The van der Waals surface area contributed by atoms with Crippen LogP contribution in [0.3, 0.4) is 0 Å². The van der Waals surface area contributed by atoms with E-state index >= 15 is 0 Å². The van der Waals surface area contributed by atoms with Gasteiger partial charge in [-0.3, -0.25) is 14.2 Å². The Bertz CT molecular complexity index is 1200. The molecule has 0 fully saturated rings. The van der Waals surface area contributed by atoms with Crippen molar-refractivity contribution in [2.45, 2.75) is 6.54 Å². The van der Waals surface area contributed by atoms with Crippen LogP contribution in [0, 0.1) is 5.82 Å². The lowest BCUT2D eigenvalue weighted by molar-refractivity contribution is 0.385. The van der Waals surface area contributed by atoms with Gasteiger partial charge in [0.15, 0.2) is 11.6 Å². The number of H-pyrrole nitrogens is 1. The highest BCUT2D eigenvalue weighted by atomic mass is 19.1. The summed E-state index contributed by atoms with van der Waals surface area (Å²) in [6.45, 7) is 0.271. The number of pyridine rings is 1. The minimum atomic E-state index is -0.449. The first kappa shape index (κ1) is 18.5. The van der Waals surface area contributed by atoms with E-state index in [1.807, 2.05) is 6.07 Å². The molecule has 4 aromatic rings. The summed E-state index contributed by atoms with van der Waals surface area (Å²) in [5.41, 5.74) is 2.05. The summed E-state index contributed by atoms with van der Waals surface area (Å²) < 4.78 is 26.9. The van der Waals surface area contributed by atoms with Gasteiger partial charge in [-0.15, -0.1) is 0 Å². The van der Waals surface area contributed by atoms with E-state index < -0.39 is 5.82 Å². The number of hydrogen-bond acceptors (Lipinski definition) is 5. The molecule has 1 aromatic carbocycles. The van der Waals surface area contributed by atoms with Crippen LogP contribution in [0.4, 0.5) is 4.39 Å². The molecule has 0 atom stereocenters. The van der Waals surface area contributed by atoms with Crippen LogP contribution in [-0.2, 0) is 6.54 Å². The Morgan fingerprint density at radius 1 is 1.14 bits per heavy atom. The molecule has 1 N–H and O–H groups in total. The van der Waals surface area contributed by atoms with Crippen LogP contribution < -0.4 is 15.2 Å². The molecule has 0 bridgehead atoms. The zero-order chi connectivity index (χ0) is 20.4. The highest BCUT2D eigenvalue weighted by Crippen LogP contribution is 2.28. The fraction of sp³-hybridized carbons (Fsp3) is 0.150. The number of rotatable bonds is 6. The number of ether oxygens (including phenoxy) is 2. The van der Waals surface area contributed by atoms with E-state index in [9.17, 15) is 9.18 Å². The van der Waals surface area contributed by atoms with Crippen molar-refractivity contribution in [3.63, 3.8) is 0 Å². The Kier molecular flexibility index (Phi) is 4.86. The van der Waals surface area contributed by atoms with Gasteiger partial charge in [0.05, 0.1) is 27.0 Å². The van der Waals surface area contributed by atoms with Gasteiger partial charge in [0.1, 0.15) is 5.82 Å². The second-order valence-corrected chi connectivity index (χ2v) is 6.26. The Morgan fingerprint density at radius 2 is 2.00 bits per heavy atom. The zero-order valence-corrected chi connectivity index (χ0v) is 15.8. The second-order valence-electron chi connectivity index (χ2n) is 6.26. The fourth-order valence-corrected chi connectivity index (χ4v) is 3.05. The molecule has 29 heavy (non-hydrogen) atoms. The van der Waals surface area contributed by atoms with E-state index in [1.54, 1.807) is 43.0 Å². The average molecular weight is 395 g/mol. The lowest BCUT2D eigenvalue weighted by Gasteiger charge is -2.09. The number of aromatic amines is 1. The summed E-state index contributed by atoms with van der Waals surface area (Å²) >= 11 is 0. The molecule has 0 saturated carbocycles. The smallest absolute Gasteiger partial charge is 0.334 e. The predicted molar refractivity (Wildman–Crippen MR) is 104 cm³/mol. The van der Waals surface area contributed by atoms with Crippen LogP contribution in [0.15, 0.2) is 59.9 Å². The number of hydrogen-bond donors (Lipinski definition) is 1. The van der Waals surface area contributed by atoms with Gasteiger partial charge < -0.3 is 9.47 Å². The van der Waals surface area contributed by atoms with Gasteiger partial charge in [-0.25, -0.2) is 9.18 Å². The van der Waals surface area contributed by atoms with Crippen LogP contribution in [-0.4, -0.2) is 38.5 Å². The fourth-order valence-electron chi connectivity index (χ4n) is 3.05. The summed E-state index contributed by atoms with van der Waals surface area (Å²) in [7, 11) is 2.92. The normalized spacial score (nSPS) is 10.9. The summed E-state index contributed by atoms with van der Waals surface area (Å²) in [6.07, 6.45) is 6.68. The van der Waals surface area contributed by atoms with E-state index in [0.29, 0.717) is 11.7 Å². The summed E-state index contributed by atoms with van der Waals surface area (Å²) in [4.78, 5) is 17.3. The molecule has 8 nitrogen and oxygen atoms in total. The first-order valence-electron chi connectivity index (χ1n) is 8.75. The Balaban J connectivity index is 1.66. The lowest BCUT2D eigenvalue weighted by atomic mass is 10.1. The van der Waals surface area contributed by atoms with Crippen molar-refractivity contribution in [1.82, 2.24) is 24.3 Å². The molecule has 0 amide bonds. The number of benzene rings is 1. The molecular weight excluding hydrogens is 377 g/mol. The van der Waals surface area contributed by atoms with E-state index in [4.69, 9.17) is 9.47 Å². The topological polar surface area (TPSA) is 87.0 Å². The van der Waals surface area contributed by atoms with Crippen LogP contribution in [0.25, 0.3) is 16.9 Å². The molecule has 3 heterocycles. The van der Waals surface area contributed by atoms with Crippen LogP contribution in [0.1, 0.15) is 5.56 Å². The molecule has 0 saturated heterocycles. The quantitative estimate of drug-likeness (QED) is 0.542. The van der Waals surface area contributed by atoms with Gasteiger partial charge in [0.25, 0.3) is 0 Å². The lowest BCUT2D eigenvalue weighted by Crippen LogP contribution is -2.24. The number of nitrogens with one attached hydrogen (secondary N) is 1. The van der Waals surface area contributed by atoms with E-state index in [0.717, 1.165) is 16.7 Å². The van der Waals surface area contributed by atoms with Crippen molar-refractivity contribution < 1.29 is 13.9 Å². The highest BCUT2D eigenvalue weighted by Gasteiger charge is 2.13. The van der Waals surface area contributed by atoms with Crippen molar-refractivity contribution in [3.05, 3.63) is 77.0 Å². The number of nitrogens with zero attached hydrogens (tertiary/aromatic N) is 4. The Hall–Kier alpha value is -3.88. The SMILES string of the molecule is COc1cc(Cn2ccn(-c3ccc(-c4cn[nH]c4)c(OC)n3)c2=O)ccc1F. The van der Waals surface area contributed by atoms with E-state index in [-0.39, 0.29) is 18.0 Å². The minimum Gasteiger partial charge on any atom is -0.494 e. The van der Waals surface area contributed by atoms with Gasteiger partial charge >= 0.3 is 5.69 Å². The summed E-state index contributed by atoms with van der Waals surface area (Å²) in [6, 6.07) is 8.05. The molecule has 0 aliphatic heterocycles. The standard InChI is InChI=1S/C20H18FN5O3/c1-28-17-9-13(3-5-16(17)21)12-25-7-8-26(20(25)27)18-6-4-15(19(24-18)29-2)14-10-22-23-11-14/h3-11H,12H2,1-2H3,(H,22,23). The largest absolute Gasteiger partial charge is 0.494 e. The first-order chi connectivity index (χ1) is 14.1. The molecule has 0 unspecified atom stereocenters. The summed E-state index contributed by atoms with van der Waals surface area (Å²) in [5, 5.41) is 6.68. The van der Waals surface area contributed by atoms with Crippen LogP contribution >= 0.6 is 0 Å². The van der Waals surface area contributed by atoms with Crippen LogP contribution in [0.2, 0.25) is 0 Å². The number of halogens is 1. The van der Waals surface area contributed by atoms with Crippen LogP contribution in [0.5, 0.6) is 11.6 Å². The monoisotopic (exact) mass is 395 g/mol. The van der Waals surface area contributed by atoms with Crippen molar-refractivity contribution in [3.8, 4) is 28.6 Å². The summed E-state index contributed by atoms with van der Waals surface area (Å²) in [5.74, 6) is 0.493. The third-order valence-electron chi connectivity index (χ3n) is 4.51. The third kappa shape index (κ3) is 3.49. The van der Waals surface area contributed by atoms with Gasteiger partial charge in [0, 0.05) is 29.7 Å². The second kappa shape index (κ2) is 7.63. The van der Waals surface area contributed by atoms with E-state index in [2.05, 4.69) is 15.2 Å². The predicted octanol–water partition coefficient (Wildman–Crippen LogP) is 2.63. The Labute approximate surface area is 165 Å². The maximum absolute atomic E-state index is 13.6. The number of aromatic nitrogens is 5. The maximum atomic E-state index is 13.6.